The minimum atomic E-state index is 0.590. The normalized spacial score (nSPS) is 26.2. The number of hydrogen-bond donors (Lipinski definition) is 2. The molecule has 0 heterocycles. The van der Waals surface area contributed by atoms with Gasteiger partial charge in [0.15, 0.2) is 5.96 Å². The summed E-state index contributed by atoms with van der Waals surface area (Å²) >= 11 is 0. The van der Waals surface area contributed by atoms with E-state index in [1.165, 1.54) is 55.3 Å². The van der Waals surface area contributed by atoms with Crippen LogP contribution in [0.15, 0.2) is 23.2 Å². The predicted molar refractivity (Wildman–Crippen MR) is 83.0 cm³/mol. The highest BCUT2D eigenvalue weighted by Gasteiger charge is 2.62. The van der Waals surface area contributed by atoms with Crippen molar-refractivity contribution in [2.75, 3.05) is 11.9 Å². The van der Waals surface area contributed by atoms with Crippen LogP contribution in [0.4, 0.5) is 5.69 Å². The lowest BCUT2D eigenvalue weighted by Crippen LogP contribution is -2.24. The lowest BCUT2D eigenvalue weighted by atomic mass is 9.90. The molecule has 0 amide bonds. The number of nitrogens with two attached hydrogens (primary N) is 1. The molecule has 3 aliphatic carbocycles. The van der Waals surface area contributed by atoms with E-state index in [-0.39, 0.29) is 0 Å². The van der Waals surface area contributed by atoms with E-state index in [2.05, 4.69) is 28.5 Å². The summed E-state index contributed by atoms with van der Waals surface area (Å²) in [5.41, 5.74) is 10.9. The molecule has 3 heteroatoms. The van der Waals surface area contributed by atoms with Crippen molar-refractivity contribution in [2.45, 2.75) is 44.9 Å². The summed E-state index contributed by atoms with van der Waals surface area (Å²) in [4.78, 5) is 4.55. The van der Waals surface area contributed by atoms with Crippen LogP contribution >= 0.6 is 0 Å². The van der Waals surface area contributed by atoms with Gasteiger partial charge in [-0.3, -0.25) is 4.99 Å². The Labute approximate surface area is 120 Å². The summed E-state index contributed by atoms with van der Waals surface area (Å²) in [5, 5.41) is 3.33. The summed E-state index contributed by atoms with van der Waals surface area (Å²) in [6.07, 6.45) is 9.19. The maximum atomic E-state index is 6.06. The first-order chi connectivity index (χ1) is 9.77. The molecule has 1 atom stereocenters. The number of rotatable bonds is 3. The lowest BCUT2D eigenvalue weighted by molar-refractivity contribution is 0.687. The molecule has 106 valence electrons. The van der Waals surface area contributed by atoms with Gasteiger partial charge >= 0.3 is 0 Å². The Morgan fingerprint density at radius 1 is 1.30 bits per heavy atom. The number of anilines is 1. The molecule has 1 aromatic carbocycles. The lowest BCUT2D eigenvalue weighted by Gasteiger charge is -2.19. The van der Waals surface area contributed by atoms with Gasteiger partial charge in [-0.1, -0.05) is 12.1 Å². The Hall–Kier alpha value is -1.51. The fourth-order valence-electron chi connectivity index (χ4n) is 3.75. The van der Waals surface area contributed by atoms with Crippen molar-refractivity contribution in [3.63, 3.8) is 0 Å². The summed E-state index contributed by atoms with van der Waals surface area (Å²) in [7, 11) is 0. The van der Waals surface area contributed by atoms with Crippen LogP contribution in [-0.2, 0) is 12.8 Å². The van der Waals surface area contributed by atoms with Crippen molar-refractivity contribution in [2.24, 2.45) is 22.1 Å². The van der Waals surface area contributed by atoms with Gasteiger partial charge in [0.05, 0.1) is 0 Å². The standard InChI is InChI=1S/C17H23N3/c18-16(19-11-13-10-17(13)8-9-17)20-15-7-3-5-12-4-1-2-6-14(12)15/h3,5,7,13H,1-2,4,6,8-11H2,(H3,18,19,20). The third kappa shape index (κ3) is 2.19. The monoisotopic (exact) mass is 269 g/mol. The second-order valence-corrected chi connectivity index (χ2v) is 6.76. The van der Waals surface area contributed by atoms with Gasteiger partial charge in [0, 0.05) is 12.2 Å². The largest absolute Gasteiger partial charge is 0.370 e. The highest BCUT2D eigenvalue weighted by atomic mass is 15.1. The average Bonchev–Trinajstić information content (AvgIpc) is 3.38. The number of aliphatic imine (C=N–C) groups is 1. The Kier molecular flexibility index (Phi) is 2.76. The highest BCUT2D eigenvalue weighted by Crippen LogP contribution is 2.70. The van der Waals surface area contributed by atoms with Crippen molar-refractivity contribution >= 4 is 11.6 Å². The molecular formula is C17H23N3. The number of nitrogens with zero attached hydrogens (tertiary/aromatic N) is 1. The van der Waals surface area contributed by atoms with Gasteiger partial charge in [-0.25, -0.2) is 0 Å². The number of aryl methyl sites for hydroxylation is 1. The summed E-state index contributed by atoms with van der Waals surface area (Å²) in [6.45, 7) is 0.911. The zero-order chi connectivity index (χ0) is 13.6. The van der Waals surface area contributed by atoms with E-state index in [4.69, 9.17) is 5.73 Å². The minimum Gasteiger partial charge on any atom is -0.370 e. The van der Waals surface area contributed by atoms with Crippen LogP contribution < -0.4 is 11.1 Å². The molecule has 2 fully saturated rings. The maximum absolute atomic E-state index is 6.06. The molecule has 0 bridgehead atoms. The van der Waals surface area contributed by atoms with E-state index >= 15 is 0 Å². The summed E-state index contributed by atoms with van der Waals surface area (Å²) in [6, 6.07) is 6.50. The van der Waals surface area contributed by atoms with Gasteiger partial charge in [0.2, 0.25) is 0 Å². The summed E-state index contributed by atoms with van der Waals surface area (Å²) < 4.78 is 0. The zero-order valence-electron chi connectivity index (χ0n) is 12.0. The number of nitrogens with one attached hydrogen (secondary N) is 1. The second kappa shape index (κ2) is 4.51. The third-order valence-electron chi connectivity index (χ3n) is 5.39. The second-order valence-electron chi connectivity index (χ2n) is 6.76. The number of guanidine groups is 1. The Balaban J connectivity index is 1.44. The van der Waals surface area contributed by atoms with Gasteiger partial charge in [-0.05, 0) is 73.5 Å². The summed E-state index contributed by atoms with van der Waals surface area (Å²) in [5.74, 6) is 1.40. The molecule has 0 saturated heterocycles. The van der Waals surface area contributed by atoms with Crippen LogP contribution in [-0.4, -0.2) is 12.5 Å². The predicted octanol–water partition coefficient (Wildman–Crippen LogP) is 3.09. The van der Waals surface area contributed by atoms with Crippen LogP contribution in [0.3, 0.4) is 0 Å². The highest BCUT2D eigenvalue weighted by molar-refractivity contribution is 5.93. The molecule has 0 radical (unpaired) electrons. The Morgan fingerprint density at radius 2 is 2.15 bits per heavy atom. The van der Waals surface area contributed by atoms with Crippen LogP contribution in [0.5, 0.6) is 0 Å². The first-order valence-electron chi connectivity index (χ1n) is 7.95. The topological polar surface area (TPSA) is 50.4 Å². The molecule has 4 rings (SSSR count). The number of benzene rings is 1. The van der Waals surface area contributed by atoms with Crippen LogP contribution in [0.2, 0.25) is 0 Å². The van der Waals surface area contributed by atoms with Gasteiger partial charge in [-0.2, -0.15) is 0 Å². The van der Waals surface area contributed by atoms with Crippen molar-refractivity contribution in [3.8, 4) is 0 Å². The van der Waals surface area contributed by atoms with Gasteiger partial charge in [-0.15, -0.1) is 0 Å². The zero-order valence-corrected chi connectivity index (χ0v) is 12.0. The van der Waals surface area contributed by atoms with Crippen molar-refractivity contribution in [3.05, 3.63) is 29.3 Å². The molecule has 1 aromatic rings. The fourth-order valence-corrected chi connectivity index (χ4v) is 3.75. The Bertz CT molecular complexity index is 557. The smallest absolute Gasteiger partial charge is 0.193 e. The van der Waals surface area contributed by atoms with Gasteiger partial charge in [0.25, 0.3) is 0 Å². The maximum Gasteiger partial charge on any atom is 0.193 e. The van der Waals surface area contributed by atoms with Crippen molar-refractivity contribution in [1.29, 1.82) is 0 Å². The first-order valence-corrected chi connectivity index (χ1v) is 7.95. The molecule has 1 unspecified atom stereocenters. The van der Waals surface area contributed by atoms with Crippen molar-refractivity contribution < 1.29 is 0 Å². The fraction of sp³-hybridized carbons (Fsp3) is 0.588. The Morgan fingerprint density at radius 3 is 2.95 bits per heavy atom. The number of hydrogen-bond acceptors (Lipinski definition) is 1. The van der Waals surface area contributed by atoms with E-state index in [1.54, 1.807) is 0 Å². The third-order valence-corrected chi connectivity index (χ3v) is 5.39. The van der Waals surface area contributed by atoms with E-state index < -0.39 is 0 Å². The molecule has 2 saturated carbocycles. The molecule has 0 aromatic heterocycles. The molecule has 3 aliphatic rings. The number of fused-ring (bicyclic) bond motifs is 1. The SMILES string of the molecule is NC(=NCC1CC12CC2)Nc1cccc2c1CCCC2. The van der Waals surface area contributed by atoms with E-state index in [0.29, 0.717) is 5.96 Å². The molecule has 20 heavy (non-hydrogen) atoms. The molecule has 0 aliphatic heterocycles. The minimum absolute atomic E-state index is 0.590. The first kappa shape index (κ1) is 12.2. The molecular weight excluding hydrogens is 246 g/mol. The molecule has 3 nitrogen and oxygen atoms in total. The van der Waals surface area contributed by atoms with Crippen molar-refractivity contribution in [1.82, 2.24) is 0 Å². The van der Waals surface area contributed by atoms with Crippen LogP contribution in [0, 0.1) is 11.3 Å². The average molecular weight is 269 g/mol. The van der Waals surface area contributed by atoms with Gasteiger partial charge in [0.1, 0.15) is 0 Å². The molecule has 1 spiro atoms. The van der Waals surface area contributed by atoms with E-state index in [0.717, 1.165) is 24.3 Å². The van der Waals surface area contributed by atoms with Gasteiger partial charge < -0.3 is 11.1 Å². The van der Waals surface area contributed by atoms with Crippen LogP contribution in [0.1, 0.15) is 43.2 Å². The van der Waals surface area contributed by atoms with E-state index in [9.17, 15) is 0 Å². The quantitative estimate of drug-likeness (QED) is 0.654. The van der Waals surface area contributed by atoms with E-state index in [1.807, 2.05) is 0 Å². The van der Waals surface area contributed by atoms with Crippen LogP contribution in [0.25, 0.3) is 0 Å². The molecule has 3 N–H and O–H groups in total.